The van der Waals surface area contributed by atoms with Crippen molar-refractivity contribution in [2.75, 3.05) is 20.1 Å². The van der Waals surface area contributed by atoms with Crippen LogP contribution in [0.4, 0.5) is 0 Å². The molecule has 0 aromatic carbocycles. The topological polar surface area (TPSA) is 37.4 Å². The number of furan rings is 1. The highest BCUT2D eigenvalue weighted by atomic mass is 16.3. The summed E-state index contributed by atoms with van der Waals surface area (Å²) in [6.07, 6.45) is 7.61. The Morgan fingerprint density at radius 1 is 1.41 bits per heavy atom. The van der Waals surface area contributed by atoms with Crippen LogP contribution >= 0.6 is 0 Å². The lowest BCUT2D eigenvalue weighted by Gasteiger charge is -2.29. The van der Waals surface area contributed by atoms with E-state index in [1.807, 2.05) is 18.5 Å². The van der Waals surface area contributed by atoms with Crippen LogP contribution < -0.4 is 0 Å². The Labute approximate surface area is 132 Å². The van der Waals surface area contributed by atoms with Crippen LogP contribution in [0.5, 0.6) is 0 Å². The van der Waals surface area contributed by atoms with E-state index in [1.165, 1.54) is 5.56 Å². The summed E-state index contributed by atoms with van der Waals surface area (Å²) >= 11 is 0. The van der Waals surface area contributed by atoms with E-state index in [9.17, 15) is 0 Å². The van der Waals surface area contributed by atoms with Crippen molar-refractivity contribution in [1.29, 1.82) is 0 Å². The van der Waals surface area contributed by atoms with Gasteiger partial charge in [-0.05, 0) is 27.0 Å². The summed E-state index contributed by atoms with van der Waals surface area (Å²) in [5.74, 6) is 1.77. The van der Waals surface area contributed by atoms with E-state index in [0.717, 1.165) is 38.5 Å². The van der Waals surface area contributed by atoms with E-state index in [-0.39, 0.29) is 0 Å². The molecule has 2 aromatic rings. The number of nitrogens with zero attached hydrogens (tertiary/aromatic N) is 4. The average molecular weight is 302 g/mol. The summed E-state index contributed by atoms with van der Waals surface area (Å²) in [6, 6.07) is 2.62. The van der Waals surface area contributed by atoms with Crippen molar-refractivity contribution in [2.45, 2.75) is 39.5 Å². The summed E-state index contributed by atoms with van der Waals surface area (Å²) in [5, 5.41) is 0. The minimum Gasteiger partial charge on any atom is -0.472 e. The predicted octanol–water partition coefficient (Wildman–Crippen LogP) is 2.45. The Morgan fingerprint density at radius 3 is 3.00 bits per heavy atom. The highest BCUT2D eigenvalue weighted by molar-refractivity contribution is 5.06. The van der Waals surface area contributed by atoms with Crippen LogP contribution in [0.1, 0.15) is 25.2 Å². The van der Waals surface area contributed by atoms with Gasteiger partial charge in [0, 0.05) is 56.1 Å². The Balaban J connectivity index is 1.74. The number of fused-ring (bicyclic) bond motifs is 1. The lowest BCUT2D eigenvalue weighted by molar-refractivity contribution is 0.166. The zero-order valence-electron chi connectivity index (χ0n) is 13.8. The normalized spacial score (nSPS) is 19.6. The third kappa shape index (κ3) is 3.59. The second-order valence-corrected chi connectivity index (χ2v) is 6.70. The zero-order chi connectivity index (χ0) is 15.5. The average Bonchev–Trinajstić information content (AvgIpc) is 3.08. The third-order valence-electron chi connectivity index (χ3n) is 4.55. The largest absolute Gasteiger partial charge is 0.472 e. The second-order valence-electron chi connectivity index (χ2n) is 6.70. The van der Waals surface area contributed by atoms with Crippen LogP contribution in [0.25, 0.3) is 0 Å². The molecule has 0 saturated carbocycles. The summed E-state index contributed by atoms with van der Waals surface area (Å²) in [4.78, 5) is 9.44. The van der Waals surface area contributed by atoms with Gasteiger partial charge in [0.15, 0.2) is 0 Å². The summed E-state index contributed by atoms with van der Waals surface area (Å²) in [6.45, 7) is 9.58. The number of hydrogen-bond donors (Lipinski definition) is 0. The van der Waals surface area contributed by atoms with Gasteiger partial charge >= 0.3 is 0 Å². The molecule has 1 aliphatic rings. The molecule has 3 heterocycles. The Bertz CT molecular complexity index is 575. The van der Waals surface area contributed by atoms with E-state index >= 15 is 0 Å². The maximum absolute atomic E-state index is 5.21. The van der Waals surface area contributed by atoms with Gasteiger partial charge in [0.05, 0.1) is 19.1 Å². The maximum atomic E-state index is 5.21. The van der Waals surface area contributed by atoms with Crippen LogP contribution in [0.2, 0.25) is 0 Å². The minimum atomic E-state index is 0.577. The first-order valence-electron chi connectivity index (χ1n) is 8.05. The number of hydrogen-bond acceptors (Lipinski definition) is 4. The van der Waals surface area contributed by atoms with Gasteiger partial charge in [0.2, 0.25) is 0 Å². The second kappa shape index (κ2) is 6.67. The fourth-order valence-corrected chi connectivity index (χ4v) is 3.12. The number of aromatic nitrogens is 2. The lowest BCUT2D eigenvalue weighted by atomic mass is 10.1. The lowest BCUT2D eigenvalue weighted by Crippen LogP contribution is -2.37. The molecule has 5 heteroatoms. The number of imidazole rings is 1. The third-order valence-corrected chi connectivity index (χ3v) is 4.55. The molecule has 1 aliphatic heterocycles. The maximum Gasteiger partial charge on any atom is 0.122 e. The highest BCUT2D eigenvalue weighted by Gasteiger charge is 2.24. The molecule has 0 bridgehead atoms. The van der Waals surface area contributed by atoms with Crippen molar-refractivity contribution in [3.8, 4) is 0 Å². The smallest absolute Gasteiger partial charge is 0.122 e. The SMILES string of the molecule is CC(C)N(C)CC1CN(Cc2ccoc2)Cc2nccn2C1. The standard InChI is InChI=1S/C17H26N4O/c1-14(2)19(3)8-16-10-20(9-15-4-7-22-13-15)12-17-18-5-6-21(17)11-16/h4-7,13-14,16H,8-12H2,1-3H3. The molecule has 2 aromatic heterocycles. The summed E-state index contributed by atoms with van der Waals surface area (Å²) in [5.41, 5.74) is 1.23. The molecular weight excluding hydrogens is 276 g/mol. The van der Waals surface area contributed by atoms with Crippen LogP contribution in [-0.4, -0.2) is 45.5 Å². The van der Waals surface area contributed by atoms with Crippen LogP contribution in [0, 0.1) is 5.92 Å². The molecular formula is C17H26N4O. The Hall–Kier alpha value is -1.59. The van der Waals surface area contributed by atoms with Crippen molar-refractivity contribution < 1.29 is 4.42 Å². The first kappa shape index (κ1) is 15.3. The molecule has 1 atom stereocenters. The molecule has 0 amide bonds. The molecule has 0 radical (unpaired) electrons. The van der Waals surface area contributed by atoms with Gasteiger partial charge in [0.1, 0.15) is 5.82 Å². The predicted molar refractivity (Wildman–Crippen MR) is 86.3 cm³/mol. The molecule has 0 N–H and O–H groups in total. The van der Waals surface area contributed by atoms with Crippen LogP contribution in [-0.2, 0) is 19.6 Å². The minimum absolute atomic E-state index is 0.577. The molecule has 0 aliphatic carbocycles. The molecule has 22 heavy (non-hydrogen) atoms. The van der Waals surface area contributed by atoms with E-state index in [1.54, 1.807) is 6.26 Å². The summed E-state index contributed by atoms with van der Waals surface area (Å²) < 4.78 is 7.52. The highest BCUT2D eigenvalue weighted by Crippen LogP contribution is 2.19. The van der Waals surface area contributed by atoms with Crippen molar-refractivity contribution in [1.82, 2.24) is 19.4 Å². The Kier molecular flexibility index (Phi) is 4.64. The van der Waals surface area contributed by atoms with Crippen molar-refractivity contribution in [3.05, 3.63) is 42.4 Å². The number of rotatable bonds is 5. The van der Waals surface area contributed by atoms with Gasteiger partial charge in [-0.2, -0.15) is 0 Å². The van der Waals surface area contributed by atoms with Gasteiger partial charge in [-0.1, -0.05) is 0 Å². The molecule has 0 spiro atoms. The van der Waals surface area contributed by atoms with Crippen LogP contribution in [0.15, 0.2) is 35.4 Å². The Morgan fingerprint density at radius 2 is 2.27 bits per heavy atom. The zero-order valence-corrected chi connectivity index (χ0v) is 13.8. The molecule has 1 unspecified atom stereocenters. The quantitative estimate of drug-likeness (QED) is 0.850. The monoisotopic (exact) mass is 302 g/mol. The fraction of sp³-hybridized carbons (Fsp3) is 0.588. The first-order valence-corrected chi connectivity index (χ1v) is 8.05. The van der Waals surface area contributed by atoms with E-state index in [2.05, 4.69) is 46.4 Å². The van der Waals surface area contributed by atoms with E-state index in [4.69, 9.17) is 4.42 Å². The van der Waals surface area contributed by atoms with E-state index < -0.39 is 0 Å². The molecule has 120 valence electrons. The first-order chi connectivity index (χ1) is 10.6. The molecule has 0 saturated heterocycles. The fourth-order valence-electron chi connectivity index (χ4n) is 3.12. The van der Waals surface area contributed by atoms with Gasteiger partial charge in [-0.25, -0.2) is 4.98 Å². The van der Waals surface area contributed by atoms with Crippen molar-refractivity contribution in [3.63, 3.8) is 0 Å². The molecule has 5 nitrogen and oxygen atoms in total. The summed E-state index contributed by atoms with van der Waals surface area (Å²) in [7, 11) is 2.21. The molecule has 0 fully saturated rings. The van der Waals surface area contributed by atoms with Crippen LogP contribution in [0.3, 0.4) is 0 Å². The van der Waals surface area contributed by atoms with E-state index in [0.29, 0.717) is 12.0 Å². The van der Waals surface area contributed by atoms with Gasteiger partial charge in [-0.3, -0.25) is 4.90 Å². The molecule has 3 rings (SSSR count). The van der Waals surface area contributed by atoms with Gasteiger partial charge < -0.3 is 13.9 Å². The van der Waals surface area contributed by atoms with Gasteiger partial charge in [-0.15, -0.1) is 0 Å². The van der Waals surface area contributed by atoms with Crippen molar-refractivity contribution >= 4 is 0 Å². The van der Waals surface area contributed by atoms with Crippen molar-refractivity contribution in [2.24, 2.45) is 5.92 Å². The van der Waals surface area contributed by atoms with Gasteiger partial charge in [0.25, 0.3) is 0 Å².